The molecule has 1 atom stereocenters. The molecule has 0 aliphatic carbocycles. The van der Waals surface area contributed by atoms with Gasteiger partial charge in [-0.3, -0.25) is 0 Å². The lowest BCUT2D eigenvalue weighted by Gasteiger charge is -2.21. The molecular formula is C15H15Cl2NO3S. The second-order valence-corrected chi connectivity index (χ2v) is 7.65. The van der Waals surface area contributed by atoms with Crippen molar-refractivity contribution in [1.82, 2.24) is 4.31 Å². The number of aliphatic hydroxyl groups excluding tert-OH is 1. The molecule has 0 amide bonds. The van der Waals surface area contributed by atoms with E-state index in [0.717, 1.165) is 4.31 Å². The summed E-state index contributed by atoms with van der Waals surface area (Å²) in [6, 6.07) is 13.0. The van der Waals surface area contributed by atoms with Gasteiger partial charge in [-0.05, 0) is 23.8 Å². The Morgan fingerprint density at radius 1 is 1.09 bits per heavy atom. The van der Waals surface area contributed by atoms with Crippen molar-refractivity contribution < 1.29 is 13.5 Å². The molecule has 2 aromatic rings. The average Bonchev–Trinajstić information content (AvgIpc) is 2.50. The van der Waals surface area contributed by atoms with Crippen LogP contribution in [0.5, 0.6) is 0 Å². The van der Waals surface area contributed by atoms with Crippen LogP contribution in [0.2, 0.25) is 10.0 Å². The molecule has 0 aliphatic heterocycles. The van der Waals surface area contributed by atoms with Crippen molar-refractivity contribution in [2.24, 2.45) is 0 Å². The van der Waals surface area contributed by atoms with Gasteiger partial charge in [-0.1, -0.05) is 53.5 Å². The monoisotopic (exact) mass is 359 g/mol. The van der Waals surface area contributed by atoms with Crippen LogP contribution in [0.1, 0.15) is 11.7 Å². The molecule has 0 saturated heterocycles. The molecule has 0 bridgehead atoms. The fourth-order valence-corrected chi connectivity index (χ4v) is 3.51. The Bertz CT molecular complexity index is 751. The van der Waals surface area contributed by atoms with Crippen LogP contribution in [-0.2, 0) is 10.0 Å². The van der Waals surface area contributed by atoms with E-state index in [9.17, 15) is 13.5 Å². The molecule has 0 aromatic heterocycles. The molecule has 22 heavy (non-hydrogen) atoms. The molecule has 2 rings (SSSR count). The van der Waals surface area contributed by atoms with Gasteiger partial charge < -0.3 is 5.11 Å². The predicted octanol–water partition coefficient (Wildman–Crippen LogP) is 3.35. The minimum Gasteiger partial charge on any atom is -0.387 e. The molecule has 1 unspecified atom stereocenters. The molecule has 4 nitrogen and oxygen atoms in total. The first-order valence-electron chi connectivity index (χ1n) is 6.47. The lowest BCUT2D eigenvalue weighted by molar-refractivity contribution is 0.155. The number of halogens is 2. The summed E-state index contributed by atoms with van der Waals surface area (Å²) in [4.78, 5) is 0.0321. The number of sulfonamides is 1. The molecule has 2 aromatic carbocycles. The zero-order valence-corrected chi connectivity index (χ0v) is 14.1. The van der Waals surface area contributed by atoms with Crippen molar-refractivity contribution in [3.05, 3.63) is 64.1 Å². The highest BCUT2D eigenvalue weighted by Crippen LogP contribution is 2.27. The van der Waals surface area contributed by atoms with Crippen molar-refractivity contribution in [2.45, 2.75) is 11.0 Å². The first-order chi connectivity index (χ1) is 10.3. The van der Waals surface area contributed by atoms with Gasteiger partial charge in [-0.25, -0.2) is 8.42 Å². The van der Waals surface area contributed by atoms with E-state index in [1.165, 1.54) is 25.2 Å². The Labute approximate surface area is 140 Å². The minimum absolute atomic E-state index is 0.0321. The smallest absolute Gasteiger partial charge is 0.242 e. The molecule has 0 aliphatic rings. The Balaban J connectivity index is 2.20. The molecule has 7 heteroatoms. The number of benzene rings is 2. The third-order valence-electron chi connectivity index (χ3n) is 3.21. The van der Waals surface area contributed by atoms with Crippen LogP contribution in [0, 0.1) is 0 Å². The van der Waals surface area contributed by atoms with Gasteiger partial charge in [0, 0.05) is 13.6 Å². The first kappa shape index (κ1) is 17.2. The van der Waals surface area contributed by atoms with E-state index >= 15 is 0 Å². The van der Waals surface area contributed by atoms with E-state index in [1.807, 2.05) is 6.07 Å². The SMILES string of the molecule is CN(CC(O)c1ccccc1)S(=O)(=O)c1ccc(Cl)c(Cl)c1. The van der Waals surface area contributed by atoms with E-state index in [4.69, 9.17) is 23.2 Å². The molecular weight excluding hydrogens is 345 g/mol. The largest absolute Gasteiger partial charge is 0.387 e. The number of nitrogens with zero attached hydrogens (tertiary/aromatic N) is 1. The maximum atomic E-state index is 12.5. The number of aliphatic hydroxyl groups is 1. The standard InChI is InChI=1S/C15H15Cl2NO3S/c1-18(10-15(19)11-5-3-2-4-6-11)22(20,21)12-7-8-13(16)14(17)9-12/h2-9,15,19H,10H2,1H3. The predicted molar refractivity (Wildman–Crippen MR) is 87.7 cm³/mol. The van der Waals surface area contributed by atoms with E-state index in [0.29, 0.717) is 5.56 Å². The topological polar surface area (TPSA) is 57.6 Å². The highest BCUT2D eigenvalue weighted by atomic mass is 35.5. The quantitative estimate of drug-likeness (QED) is 0.890. The van der Waals surface area contributed by atoms with E-state index in [2.05, 4.69) is 0 Å². The van der Waals surface area contributed by atoms with Gasteiger partial charge in [0.05, 0.1) is 21.0 Å². The van der Waals surface area contributed by atoms with Gasteiger partial charge in [0.15, 0.2) is 0 Å². The first-order valence-corrected chi connectivity index (χ1v) is 8.66. The van der Waals surface area contributed by atoms with Crippen molar-refractivity contribution in [1.29, 1.82) is 0 Å². The summed E-state index contributed by atoms with van der Waals surface area (Å²) in [5.41, 5.74) is 0.652. The van der Waals surface area contributed by atoms with E-state index < -0.39 is 16.1 Å². The van der Waals surface area contributed by atoms with Crippen molar-refractivity contribution in [2.75, 3.05) is 13.6 Å². The summed E-state index contributed by atoms with van der Waals surface area (Å²) in [6.07, 6.45) is -0.913. The van der Waals surface area contributed by atoms with Crippen LogP contribution >= 0.6 is 23.2 Å². The van der Waals surface area contributed by atoms with Crippen molar-refractivity contribution >= 4 is 33.2 Å². The summed E-state index contributed by atoms with van der Waals surface area (Å²) in [7, 11) is -2.34. The number of likely N-dealkylation sites (N-methyl/N-ethyl adjacent to an activating group) is 1. The minimum atomic E-state index is -3.75. The molecule has 0 fully saturated rings. The maximum Gasteiger partial charge on any atom is 0.242 e. The summed E-state index contributed by atoms with van der Waals surface area (Å²) in [5, 5.41) is 10.6. The van der Waals surface area contributed by atoms with Gasteiger partial charge >= 0.3 is 0 Å². The third kappa shape index (κ3) is 3.80. The van der Waals surface area contributed by atoms with Gasteiger partial charge in [0.1, 0.15) is 0 Å². The molecule has 0 spiro atoms. The maximum absolute atomic E-state index is 12.5. The lowest BCUT2D eigenvalue weighted by atomic mass is 10.1. The van der Waals surface area contributed by atoms with Gasteiger partial charge in [0.2, 0.25) is 10.0 Å². The van der Waals surface area contributed by atoms with E-state index in [-0.39, 0.29) is 21.5 Å². The Kier molecular flexibility index (Phi) is 5.47. The third-order valence-corrected chi connectivity index (χ3v) is 5.77. The van der Waals surface area contributed by atoms with Gasteiger partial charge in [-0.2, -0.15) is 4.31 Å². The highest BCUT2D eigenvalue weighted by Gasteiger charge is 2.24. The zero-order valence-electron chi connectivity index (χ0n) is 11.8. The summed E-state index contributed by atoms with van der Waals surface area (Å²) in [5.74, 6) is 0. The lowest BCUT2D eigenvalue weighted by Crippen LogP contribution is -2.31. The molecule has 0 radical (unpaired) electrons. The summed E-state index contributed by atoms with van der Waals surface area (Å²) >= 11 is 11.7. The van der Waals surface area contributed by atoms with Crippen LogP contribution in [0.4, 0.5) is 0 Å². The summed E-state index contributed by atoms with van der Waals surface area (Å²) in [6.45, 7) is -0.0629. The van der Waals surface area contributed by atoms with Gasteiger partial charge in [-0.15, -0.1) is 0 Å². The van der Waals surface area contributed by atoms with Crippen LogP contribution in [0.15, 0.2) is 53.4 Å². The molecule has 0 saturated carbocycles. The summed E-state index contributed by atoms with van der Waals surface area (Å²) < 4.78 is 26.0. The average molecular weight is 360 g/mol. The molecule has 118 valence electrons. The second kappa shape index (κ2) is 6.98. The molecule has 1 N–H and O–H groups in total. The fourth-order valence-electron chi connectivity index (χ4n) is 1.94. The second-order valence-electron chi connectivity index (χ2n) is 4.79. The number of hydrogen-bond donors (Lipinski definition) is 1. The van der Waals surface area contributed by atoms with Crippen molar-refractivity contribution in [3.8, 4) is 0 Å². The van der Waals surface area contributed by atoms with Crippen LogP contribution in [0.25, 0.3) is 0 Å². The highest BCUT2D eigenvalue weighted by molar-refractivity contribution is 7.89. The van der Waals surface area contributed by atoms with Crippen LogP contribution in [0.3, 0.4) is 0 Å². The van der Waals surface area contributed by atoms with Crippen LogP contribution in [-0.4, -0.2) is 31.4 Å². The Morgan fingerprint density at radius 2 is 1.73 bits per heavy atom. The zero-order chi connectivity index (χ0) is 16.3. The normalized spacial score (nSPS) is 13.3. The number of hydrogen-bond acceptors (Lipinski definition) is 3. The molecule has 0 heterocycles. The fraction of sp³-hybridized carbons (Fsp3) is 0.200. The van der Waals surface area contributed by atoms with Gasteiger partial charge in [0.25, 0.3) is 0 Å². The van der Waals surface area contributed by atoms with Crippen LogP contribution < -0.4 is 0 Å². The Hall–Kier alpha value is -1.11. The van der Waals surface area contributed by atoms with Crippen molar-refractivity contribution in [3.63, 3.8) is 0 Å². The van der Waals surface area contributed by atoms with E-state index in [1.54, 1.807) is 24.3 Å². The number of rotatable bonds is 5. The Morgan fingerprint density at radius 3 is 2.32 bits per heavy atom.